The van der Waals surface area contributed by atoms with Gasteiger partial charge in [-0.2, -0.15) is 4.98 Å². The van der Waals surface area contributed by atoms with Crippen LogP contribution in [0.1, 0.15) is 25.2 Å². The summed E-state index contributed by atoms with van der Waals surface area (Å²) in [6.45, 7) is 5.04. The lowest BCUT2D eigenvalue weighted by Gasteiger charge is -2.14. The molecule has 21 heavy (non-hydrogen) atoms. The maximum atomic E-state index is 6.27. The molecule has 0 fully saturated rings. The van der Waals surface area contributed by atoms with Crippen molar-refractivity contribution in [3.63, 3.8) is 0 Å². The molecule has 0 radical (unpaired) electrons. The number of nitrogens with one attached hydrogen (secondary N) is 1. The number of methoxy groups -OCH3 is 1. The molecule has 1 heterocycles. The summed E-state index contributed by atoms with van der Waals surface area (Å²) in [6.07, 6.45) is 1.25. The molecule has 0 aliphatic heterocycles. The van der Waals surface area contributed by atoms with Gasteiger partial charge in [0.2, 0.25) is 12.2 Å². The maximum Gasteiger partial charge on any atom is 0.213 e. The van der Waals surface area contributed by atoms with E-state index in [4.69, 9.17) is 21.1 Å². The van der Waals surface area contributed by atoms with Crippen molar-refractivity contribution in [1.82, 2.24) is 15.5 Å². The van der Waals surface area contributed by atoms with Crippen molar-refractivity contribution in [1.29, 1.82) is 0 Å². The number of hydrogen-bond acceptors (Lipinski definition) is 6. The van der Waals surface area contributed by atoms with Crippen LogP contribution in [-0.2, 0) is 13.2 Å². The van der Waals surface area contributed by atoms with E-state index in [1.165, 1.54) is 6.39 Å². The van der Waals surface area contributed by atoms with Crippen LogP contribution in [0.25, 0.3) is 0 Å². The monoisotopic (exact) mass is 311 g/mol. The average Bonchev–Trinajstić information content (AvgIpc) is 2.96. The molecule has 0 unspecified atom stereocenters. The third-order valence-corrected chi connectivity index (χ3v) is 3.04. The van der Waals surface area contributed by atoms with Gasteiger partial charge in [-0.1, -0.05) is 30.6 Å². The summed E-state index contributed by atoms with van der Waals surface area (Å²) in [5, 5.41) is 7.49. The zero-order chi connectivity index (χ0) is 15.2. The molecule has 0 bridgehead atoms. The Morgan fingerprint density at radius 1 is 1.38 bits per heavy atom. The molecule has 114 valence electrons. The molecule has 0 saturated heterocycles. The smallest absolute Gasteiger partial charge is 0.213 e. The summed E-state index contributed by atoms with van der Waals surface area (Å²) < 4.78 is 15.6. The van der Waals surface area contributed by atoms with Crippen molar-refractivity contribution in [3.05, 3.63) is 34.9 Å². The Bertz CT molecular complexity index is 573. The Balaban J connectivity index is 2.12. The first-order valence-electron chi connectivity index (χ1n) is 6.58. The molecule has 7 heteroatoms. The Morgan fingerprint density at radius 3 is 2.81 bits per heavy atom. The van der Waals surface area contributed by atoms with Crippen LogP contribution < -0.4 is 14.8 Å². The number of hydrogen-bond donors (Lipinski definition) is 1. The second kappa shape index (κ2) is 7.28. The molecule has 6 nitrogen and oxygen atoms in total. The van der Waals surface area contributed by atoms with Gasteiger partial charge < -0.3 is 19.3 Å². The molecule has 0 atom stereocenters. The summed E-state index contributed by atoms with van der Waals surface area (Å²) >= 11 is 6.27. The average molecular weight is 312 g/mol. The van der Waals surface area contributed by atoms with E-state index in [0.717, 1.165) is 5.56 Å². The molecular weight excluding hydrogens is 294 g/mol. The van der Waals surface area contributed by atoms with Gasteiger partial charge in [0.1, 0.15) is 0 Å². The van der Waals surface area contributed by atoms with Crippen LogP contribution >= 0.6 is 11.6 Å². The third-order valence-electron chi connectivity index (χ3n) is 2.76. The van der Waals surface area contributed by atoms with Crippen molar-refractivity contribution in [2.24, 2.45) is 0 Å². The van der Waals surface area contributed by atoms with Crippen LogP contribution in [-0.4, -0.2) is 23.3 Å². The minimum absolute atomic E-state index is 0.163. The third kappa shape index (κ3) is 4.34. The number of nitrogens with zero attached hydrogens (tertiary/aromatic N) is 2. The number of halogens is 1. The van der Waals surface area contributed by atoms with Crippen molar-refractivity contribution >= 4 is 11.6 Å². The van der Waals surface area contributed by atoms with Crippen LogP contribution in [0.2, 0.25) is 5.02 Å². The van der Waals surface area contributed by atoms with E-state index in [1.807, 2.05) is 12.1 Å². The lowest BCUT2D eigenvalue weighted by Crippen LogP contribution is -2.21. The zero-order valence-corrected chi connectivity index (χ0v) is 13.0. The van der Waals surface area contributed by atoms with Gasteiger partial charge >= 0.3 is 0 Å². The van der Waals surface area contributed by atoms with Gasteiger partial charge in [-0.3, -0.25) is 0 Å². The number of benzene rings is 1. The number of rotatable bonds is 7. The second-order valence-electron chi connectivity index (χ2n) is 4.78. The predicted molar refractivity (Wildman–Crippen MR) is 78.6 cm³/mol. The first kappa shape index (κ1) is 15.6. The van der Waals surface area contributed by atoms with Crippen LogP contribution in [0.5, 0.6) is 11.5 Å². The van der Waals surface area contributed by atoms with Gasteiger partial charge in [-0.25, -0.2) is 0 Å². The minimum atomic E-state index is 0.163. The quantitative estimate of drug-likeness (QED) is 0.848. The van der Waals surface area contributed by atoms with Gasteiger partial charge in [-0.15, -0.1) is 0 Å². The van der Waals surface area contributed by atoms with Crippen molar-refractivity contribution in [3.8, 4) is 11.5 Å². The topological polar surface area (TPSA) is 69.4 Å². The molecule has 0 spiro atoms. The van der Waals surface area contributed by atoms with Gasteiger partial charge in [0.25, 0.3) is 0 Å². The first-order valence-corrected chi connectivity index (χ1v) is 6.95. The lowest BCUT2D eigenvalue weighted by molar-refractivity contribution is 0.270. The van der Waals surface area contributed by atoms with Crippen LogP contribution in [0.3, 0.4) is 0 Å². The van der Waals surface area contributed by atoms with E-state index >= 15 is 0 Å². The largest absolute Gasteiger partial charge is 0.493 e. The van der Waals surface area contributed by atoms with Gasteiger partial charge in [0.15, 0.2) is 18.1 Å². The molecule has 1 aromatic heterocycles. The van der Waals surface area contributed by atoms with E-state index in [9.17, 15) is 0 Å². The number of ether oxygens (including phenoxy) is 2. The molecule has 1 aromatic carbocycles. The first-order chi connectivity index (χ1) is 10.1. The number of aromatic nitrogens is 2. The standard InChI is InChI=1S/C14H18ClN3O3/c1-9(2)16-6-10-4-11(15)14(12(5-10)19-3)20-7-13-17-8-21-18-13/h4-5,8-9,16H,6-7H2,1-3H3. The fourth-order valence-electron chi connectivity index (χ4n) is 1.73. The highest BCUT2D eigenvalue weighted by atomic mass is 35.5. The molecule has 0 aliphatic rings. The molecular formula is C14H18ClN3O3. The Morgan fingerprint density at radius 2 is 2.19 bits per heavy atom. The highest BCUT2D eigenvalue weighted by Crippen LogP contribution is 2.36. The molecule has 1 N–H and O–H groups in total. The van der Waals surface area contributed by atoms with E-state index in [-0.39, 0.29) is 6.61 Å². The van der Waals surface area contributed by atoms with E-state index in [2.05, 4.69) is 33.8 Å². The van der Waals surface area contributed by atoms with Crippen molar-refractivity contribution in [2.75, 3.05) is 7.11 Å². The van der Waals surface area contributed by atoms with Crippen LogP contribution in [0, 0.1) is 0 Å². The summed E-state index contributed by atoms with van der Waals surface area (Å²) in [4.78, 5) is 3.89. The minimum Gasteiger partial charge on any atom is -0.493 e. The summed E-state index contributed by atoms with van der Waals surface area (Å²) in [5.74, 6) is 1.49. The Labute approximate surface area is 128 Å². The van der Waals surface area contributed by atoms with Gasteiger partial charge in [0, 0.05) is 12.6 Å². The SMILES string of the molecule is COc1cc(CNC(C)C)cc(Cl)c1OCc1ncon1. The van der Waals surface area contributed by atoms with Gasteiger partial charge in [0.05, 0.1) is 12.1 Å². The Kier molecular flexibility index (Phi) is 5.41. The fourth-order valence-corrected chi connectivity index (χ4v) is 2.02. The summed E-state index contributed by atoms with van der Waals surface area (Å²) in [5.41, 5.74) is 1.03. The van der Waals surface area contributed by atoms with Gasteiger partial charge in [-0.05, 0) is 17.7 Å². The molecule has 2 aromatic rings. The molecule has 0 aliphatic carbocycles. The summed E-state index contributed by atoms with van der Waals surface area (Å²) in [7, 11) is 1.58. The second-order valence-corrected chi connectivity index (χ2v) is 5.19. The van der Waals surface area contributed by atoms with E-state index in [0.29, 0.717) is 34.9 Å². The van der Waals surface area contributed by atoms with Crippen LogP contribution in [0.15, 0.2) is 23.0 Å². The normalized spacial score (nSPS) is 10.9. The van der Waals surface area contributed by atoms with E-state index < -0.39 is 0 Å². The molecule has 0 saturated carbocycles. The molecule has 0 amide bonds. The summed E-state index contributed by atoms with van der Waals surface area (Å²) in [6, 6.07) is 4.14. The predicted octanol–water partition coefficient (Wildman–Crippen LogP) is 2.81. The fraction of sp³-hybridized carbons (Fsp3) is 0.429. The highest BCUT2D eigenvalue weighted by Gasteiger charge is 2.13. The Hall–Kier alpha value is -1.79. The maximum absolute atomic E-state index is 6.27. The highest BCUT2D eigenvalue weighted by molar-refractivity contribution is 6.32. The van der Waals surface area contributed by atoms with Crippen LogP contribution in [0.4, 0.5) is 0 Å². The lowest BCUT2D eigenvalue weighted by atomic mass is 10.2. The van der Waals surface area contributed by atoms with Crippen molar-refractivity contribution in [2.45, 2.75) is 33.0 Å². The van der Waals surface area contributed by atoms with Crippen molar-refractivity contribution < 1.29 is 14.0 Å². The zero-order valence-electron chi connectivity index (χ0n) is 12.2. The molecule has 2 rings (SSSR count). The van der Waals surface area contributed by atoms with E-state index in [1.54, 1.807) is 7.11 Å².